The summed E-state index contributed by atoms with van der Waals surface area (Å²) < 4.78 is 1.18. The largest absolute Gasteiger partial charge is 0.366 e. The topological polar surface area (TPSA) is 37.8 Å². The van der Waals surface area contributed by atoms with Crippen molar-refractivity contribution in [1.82, 2.24) is 9.97 Å². The zero-order valence-electron chi connectivity index (χ0n) is 10.9. The van der Waals surface area contributed by atoms with Gasteiger partial charge in [-0.2, -0.15) is 0 Å². The Kier molecular flexibility index (Phi) is 3.20. The lowest BCUT2D eigenvalue weighted by atomic mass is 9.80. The van der Waals surface area contributed by atoms with Gasteiger partial charge in [-0.05, 0) is 42.5 Å². The Morgan fingerprint density at radius 3 is 3.00 bits per heavy atom. The van der Waals surface area contributed by atoms with Crippen LogP contribution in [0.3, 0.4) is 0 Å². The second-order valence-electron chi connectivity index (χ2n) is 5.50. The number of aromatic nitrogens is 2. The summed E-state index contributed by atoms with van der Waals surface area (Å²) in [6.45, 7) is 4.70. The first-order valence-corrected chi connectivity index (χ1v) is 7.56. The fraction of sp³-hybridized carbons (Fsp3) is 0.571. The summed E-state index contributed by atoms with van der Waals surface area (Å²) in [6.07, 6.45) is 5.55. The molecular formula is C14H19N3S. The average molecular weight is 261 g/mol. The molecule has 3 rings (SSSR count). The van der Waals surface area contributed by atoms with Crippen LogP contribution in [0.25, 0.3) is 10.2 Å². The lowest BCUT2D eigenvalue weighted by molar-refractivity contribution is 0.276. The van der Waals surface area contributed by atoms with Crippen LogP contribution < -0.4 is 5.32 Å². The zero-order chi connectivity index (χ0) is 12.5. The Morgan fingerprint density at radius 1 is 1.28 bits per heavy atom. The van der Waals surface area contributed by atoms with E-state index in [1.165, 1.54) is 24.0 Å². The lowest BCUT2D eigenvalue weighted by Gasteiger charge is -2.33. The number of rotatable bonds is 2. The highest BCUT2D eigenvalue weighted by Gasteiger charge is 2.25. The molecule has 0 radical (unpaired) electrons. The van der Waals surface area contributed by atoms with Crippen LogP contribution in [-0.4, -0.2) is 16.0 Å². The normalized spacial score (nSPS) is 28.4. The van der Waals surface area contributed by atoms with E-state index in [4.69, 9.17) is 0 Å². The van der Waals surface area contributed by atoms with Crippen molar-refractivity contribution in [2.45, 2.75) is 39.2 Å². The number of anilines is 1. The summed E-state index contributed by atoms with van der Waals surface area (Å²) in [4.78, 5) is 8.70. The molecule has 2 heterocycles. The summed E-state index contributed by atoms with van der Waals surface area (Å²) in [7, 11) is 0. The third-order valence-corrected chi connectivity index (χ3v) is 4.91. The Bertz CT molecular complexity index is 537. The molecule has 2 aromatic heterocycles. The van der Waals surface area contributed by atoms with E-state index in [9.17, 15) is 0 Å². The van der Waals surface area contributed by atoms with Gasteiger partial charge in [-0.1, -0.05) is 13.8 Å². The van der Waals surface area contributed by atoms with Crippen molar-refractivity contribution in [2.24, 2.45) is 11.8 Å². The van der Waals surface area contributed by atoms with E-state index < -0.39 is 0 Å². The van der Waals surface area contributed by atoms with E-state index in [1.807, 2.05) is 0 Å². The minimum atomic E-state index is 0.557. The van der Waals surface area contributed by atoms with Gasteiger partial charge in [-0.15, -0.1) is 11.3 Å². The minimum absolute atomic E-state index is 0.557. The van der Waals surface area contributed by atoms with Crippen molar-refractivity contribution in [3.63, 3.8) is 0 Å². The molecule has 1 N–H and O–H groups in total. The third-order valence-electron chi connectivity index (χ3n) is 4.00. The fourth-order valence-corrected chi connectivity index (χ4v) is 3.74. The van der Waals surface area contributed by atoms with E-state index in [0.717, 1.165) is 23.2 Å². The maximum atomic E-state index is 4.41. The van der Waals surface area contributed by atoms with Gasteiger partial charge in [0.15, 0.2) is 0 Å². The molecule has 4 heteroatoms. The van der Waals surface area contributed by atoms with Crippen molar-refractivity contribution in [3.05, 3.63) is 17.8 Å². The van der Waals surface area contributed by atoms with Gasteiger partial charge in [0.05, 0.1) is 10.2 Å². The second-order valence-corrected chi connectivity index (χ2v) is 6.42. The SMILES string of the molecule is CC1CCC(Nc2ncnc3ccsc23)C(C)C1. The second kappa shape index (κ2) is 4.84. The molecule has 18 heavy (non-hydrogen) atoms. The highest BCUT2D eigenvalue weighted by atomic mass is 32.1. The van der Waals surface area contributed by atoms with Gasteiger partial charge in [-0.3, -0.25) is 0 Å². The Morgan fingerprint density at radius 2 is 2.17 bits per heavy atom. The maximum absolute atomic E-state index is 4.41. The Hall–Kier alpha value is -1.16. The van der Waals surface area contributed by atoms with Gasteiger partial charge in [0.25, 0.3) is 0 Å². The van der Waals surface area contributed by atoms with Crippen LogP contribution in [0.5, 0.6) is 0 Å². The molecule has 0 bridgehead atoms. The molecule has 0 aliphatic heterocycles. The molecule has 0 spiro atoms. The van der Waals surface area contributed by atoms with Crippen LogP contribution in [0.15, 0.2) is 17.8 Å². The highest BCUT2D eigenvalue weighted by Crippen LogP contribution is 2.32. The molecule has 2 aromatic rings. The number of nitrogens with zero attached hydrogens (tertiary/aromatic N) is 2. The van der Waals surface area contributed by atoms with Gasteiger partial charge >= 0.3 is 0 Å². The van der Waals surface area contributed by atoms with Crippen LogP contribution in [0.1, 0.15) is 33.1 Å². The number of fused-ring (bicyclic) bond motifs is 1. The molecular weight excluding hydrogens is 242 g/mol. The third kappa shape index (κ3) is 2.21. The number of hydrogen-bond acceptors (Lipinski definition) is 4. The molecule has 1 saturated carbocycles. The van der Waals surface area contributed by atoms with Crippen LogP contribution in [-0.2, 0) is 0 Å². The van der Waals surface area contributed by atoms with E-state index in [-0.39, 0.29) is 0 Å². The van der Waals surface area contributed by atoms with Crippen molar-refractivity contribution in [2.75, 3.05) is 5.32 Å². The molecule has 0 saturated heterocycles. The first-order valence-electron chi connectivity index (χ1n) is 6.69. The predicted octanol–water partition coefficient (Wildman–Crippen LogP) is 3.93. The Balaban J connectivity index is 1.82. The first kappa shape index (κ1) is 11.9. The lowest BCUT2D eigenvalue weighted by Crippen LogP contribution is -2.33. The smallest absolute Gasteiger partial charge is 0.147 e. The molecule has 96 valence electrons. The number of hydrogen-bond donors (Lipinski definition) is 1. The molecule has 3 unspecified atom stereocenters. The van der Waals surface area contributed by atoms with E-state index in [1.54, 1.807) is 17.7 Å². The van der Waals surface area contributed by atoms with Crippen molar-refractivity contribution >= 4 is 27.4 Å². The standard InChI is InChI=1S/C14H19N3S/c1-9-3-4-11(10(2)7-9)17-14-13-12(5-6-18-13)15-8-16-14/h5-6,8-11H,3-4,7H2,1-2H3,(H,15,16,17). The van der Waals surface area contributed by atoms with E-state index in [2.05, 4.69) is 40.6 Å². The number of thiophene rings is 1. The monoisotopic (exact) mass is 261 g/mol. The fourth-order valence-electron chi connectivity index (χ4n) is 2.95. The summed E-state index contributed by atoms with van der Waals surface area (Å²) in [5, 5.41) is 5.72. The van der Waals surface area contributed by atoms with Crippen molar-refractivity contribution in [3.8, 4) is 0 Å². The first-order chi connectivity index (χ1) is 8.74. The van der Waals surface area contributed by atoms with Crippen LogP contribution >= 0.6 is 11.3 Å². The van der Waals surface area contributed by atoms with E-state index >= 15 is 0 Å². The summed E-state index contributed by atoms with van der Waals surface area (Å²) in [5.41, 5.74) is 1.05. The van der Waals surface area contributed by atoms with Gasteiger partial charge in [0.1, 0.15) is 12.1 Å². The quantitative estimate of drug-likeness (QED) is 0.890. The molecule has 3 nitrogen and oxygen atoms in total. The van der Waals surface area contributed by atoms with Crippen molar-refractivity contribution < 1.29 is 0 Å². The summed E-state index contributed by atoms with van der Waals surface area (Å²) in [6, 6.07) is 2.61. The van der Waals surface area contributed by atoms with Gasteiger partial charge < -0.3 is 5.32 Å². The molecule has 0 aromatic carbocycles. The molecule has 0 amide bonds. The summed E-state index contributed by atoms with van der Waals surface area (Å²) in [5.74, 6) is 2.60. The molecule has 1 aliphatic carbocycles. The average Bonchev–Trinajstić information content (AvgIpc) is 2.82. The molecule has 1 fully saturated rings. The van der Waals surface area contributed by atoms with Gasteiger partial charge in [0.2, 0.25) is 0 Å². The molecule has 1 aliphatic rings. The van der Waals surface area contributed by atoms with Crippen LogP contribution in [0.4, 0.5) is 5.82 Å². The predicted molar refractivity (Wildman–Crippen MR) is 77.0 cm³/mol. The van der Waals surface area contributed by atoms with Crippen LogP contribution in [0, 0.1) is 11.8 Å². The maximum Gasteiger partial charge on any atom is 0.147 e. The van der Waals surface area contributed by atoms with Crippen LogP contribution in [0.2, 0.25) is 0 Å². The summed E-state index contributed by atoms with van der Waals surface area (Å²) >= 11 is 1.72. The number of nitrogens with one attached hydrogen (secondary N) is 1. The zero-order valence-corrected chi connectivity index (χ0v) is 11.7. The van der Waals surface area contributed by atoms with Gasteiger partial charge in [-0.25, -0.2) is 9.97 Å². The Labute approximate surface area is 112 Å². The van der Waals surface area contributed by atoms with E-state index in [0.29, 0.717) is 6.04 Å². The minimum Gasteiger partial charge on any atom is -0.366 e. The van der Waals surface area contributed by atoms with Gasteiger partial charge in [0, 0.05) is 6.04 Å². The molecule has 3 atom stereocenters. The van der Waals surface area contributed by atoms with Crippen molar-refractivity contribution in [1.29, 1.82) is 0 Å². The highest BCUT2D eigenvalue weighted by molar-refractivity contribution is 7.17.